The van der Waals surface area contributed by atoms with E-state index in [0.717, 1.165) is 11.1 Å². The SMILES string of the molecule is COCc1ccc(C)cc1O. The van der Waals surface area contributed by atoms with Crippen molar-refractivity contribution in [2.24, 2.45) is 0 Å². The lowest BCUT2D eigenvalue weighted by Crippen LogP contribution is -1.87. The third kappa shape index (κ3) is 1.95. The Morgan fingerprint density at radius 2 is 2.18 bits per heavy atom. The Hall–Kier alpha value is -1.02. The zero-order chi connectivity index (χ0) is 8.27. The highest BCUT2D eigenvalue weighted by molar-refractivity contribution is 5.35. The standard InChI is InChI=1S/C9H12O2/c1-7-3-4-8(6-11-2)9(10)5-7/h3-5,10H,6H2,1-2H3. The second-order valence-corrected chi connectivity index (χ2v) is 2.57. The molecule has 0 aliphatic rings. The Balaban J connectivity index is 2.90. The lowest BCUT2D eigenvalue weighted by molar-refractivity contribution is 0.182. The van der Waals surface area contributed by atoms with Crippen molar-refractivity contribution in [1.29, 1.82) is 0 Å². The molecular formula is C9H12O2. The average Bonchev–Trinajstić information content (AvgIpc) is 1.95. The molecule has 1 N–H and O–H groups in total. The van der Waals surface area contributed by atoms with Gasteiger partial charge in [0.25, 0.3) is 0 Å². The number of phenols is 1. The minimum absolute atomic E-state index is 0.312. The van der Waals surface area contributed by atoms with E-state index in [0.29, 0.717) is 12.4 Å². The second-order valence-electron chi connectivity index (χ2n) is 2.57. The molecule has 0 spiro atoms. The van der Waals surface area contributed by atoms with E-state index in [-0.39, 0.29) is 0 Å². The first kappa shape index (κ1) is 8.08. The molecule has 0 aromatic heterocycles. The molecule has 0 radical (unpaired) electrons. The molecule has 1 aromatic carbocycles. The molecule has 1 aromatic rings. The fourth-order valence-corrected chi connectivity index (χ4v) is 0.951. The first-order chi connectivity index (χ1) is 5.24. The number of aromatic hydroxyl groups is 1. The number of aryl methyl sites for hydroxylation is 1. The number of benzene rings is 1. The molecule has 2 heteroatoms. The van der Waals surface area contributed by atoms with Gasteiger partial charge in [-0.2, -0.15) is 0 Å². The van der Waals surface area contributed by atoms with Gasteiger partial charge in [0.05, 0.1) is 6.61 Å². The Morgan fingerprint density at radius 1 is 1.45 bits per heavy atom. The predicted octanol–water partition coefficient (Wildman–Crippen LogP) is 1.85. The van der Waals surface area contributed by atoms with Gasteiger partial charge in [-0.25, -0.2) is 0 Å². The van der Waals surface area contributed by atoms with Crippen LogP contribution >= 0.6 is 0 Å². The van der Waals surface area contributed by atoms with Crippen LogP contribution in [0.25, 0.3) is 0 Å². The monoisotopic (exact) mass is 152 g/mol. The minimum atomic E-state index is 0.312. The van der Waals surface area contributed by atoms with Gasteiger partial charge < -0.3 is 9.84 Å². The maximum absolute atomic E-state index is 9.34. The number of rotatable bonds is 2. The summed E-state index contributed by atoms with van der Waals surface area (Å²) in [6, 6.07) is 5.55. The molecule has 2 nitrogen and oxygen atoms in total. The van der Waals surface area contributed by atoms with Gasteiger partial charge in [-0.1, -0.05) is 12.1 Å². The van der Waals surface area contributed by atoms with Crippen molar-refractivity contribution in [2.45, 2.75) is 13.5 Å². The van der Waals surface area contributed by atoms with Crippen molar-refractivity contribution in [1.82, 2.24) is 0 Å². The van der Waals surface area contributed by atoms with Gasteiger partial charge in [-0.3, -0.25) is 0 Å². The summed E-state index contributed by atoms with van der Waals surface area (Å²) >= 11 is 0. The van der Waals surface area contributed by atoms with Gasteiger partial charge in [0.2, 0.25) is 0 Å². The summed E-state index contributed by atoms with van der Waals surface area (Å²) in [7, 11) is 1.61. The number of ether oxygens (including phenoxy) is 1. The molecule has 0 unspecified atom stereocenters. The minimum Gasteiger partial charge on any atom is -0.508 e. The van der Waals surface area contributed by atoms with Gasteiger partial charge in [-0.05, 0) is 18.6 Å². The number of methoxy groups -OCH3 is 1. The van der Waals surface area contributed by atoms with Crippen molar-refractivity contribution < 1.29 is 9.84 Å². The molecule has 0 saturated heterocycles. The second kappa shape index (κ2) is 3.39. The zero-order valence-corrected chi connectivity index (χ0v) is 6.79. The van der Waals surface area contributed by atoms with E-state index in [1.807, 2.05) is 19.1 Å². The first-order valence-electron chi connectivity index (χ1n) is 3.51. The Labute approximate surface area is 66.4 Å². The molecule has 0 saturated carbocycles. The van der Waals surface area contributed by atoms with Crippen LogP contribution in [0.1, 0.15) is 11.1 Å². The average molecular weight is 152 g/mol. The molecule has 1 rings (SSSR count). The summed E-state index contributed by atoms with van der Waals surface area (Å²) in [6.07, 6.45) is 0. The highest BCUT2D eigenvalue weighted by Crippen LogP contribution is 2.18. The summed E-state index contributed by atoms with van der Waals surface area (Å²) in [5.74, 6) is 0.312. The molecule has 0 heterocycles. The van der Waals surface area contributed by atoms with E-state index in [4.69, 9.17) is 4.74 Å². The number of hydrogen-bond acceptors (Lipinski definition) is 2. The van der Waals surface area contributed by atoms with Crippen molar-refractivity contribution in [3.05, 3.63) is 29.3 Å². The molecule has 0 bridgehead atoms. The van der Waals surface area contributed by atoms with Crippen molar-refractivity contribution >= 4 is 0 Å². The summed E-state index contributed by atoms with van der Waals surface area (Å²) in [5.41, 5.74) is 1.89. The fourth-order valence-electron chi connectivity index (χ4n) is 0.951. The topological polar surface area (TPSA) is 29.5 Å². The van der Waals surface area contributed by atoms with E-state index < -0.39 is 0 Å². The molecule has 11 heavy (non-hydrogen) atoms. The van der Waals surface area contributed by atoms with Crippen molar-refractivity contribution in [3.63, 3.8) is 0 Å². The lowest BCUT2D eigenvalue weighted by atomic mass is 10.1. The molecule has 0 aliphatic heterocycles. The van der Waals surface area contributed by atoms with Gasteiger partial charge in [0, 0.05) is 12.7 Å². The van der Waals surface area contributed by atoms with Crippen LogP contribution in [0.2, 0.25) is 0 Å². The van der Waals surface area contributed by atoms with Crippen molar-refractivity contribution in [2.75, 3.05) is 7.11 Å². The quantitative estimate of drug-likeness (QED) is 0.700. The van der Waals surface area contributed by atoms with Crippen LogP contribution in [-0.2, 0) is 11.3 Å². The third-order valence-corrected chi connectivity index (χ3v) is 1.54. The van der Waals surface area contributed by atoms with Gasteiger partial charge in [-0.15, -0.1) is 0 Å². The van der Waals surface area contributed by atoms with Crippen LogP contribution < -0.4 is 0 Å². The smallest absolute Gasteiger partial charge is 0.121 e. The van der Waals surface area contributed by atoms with Crippen LogP contribution in [0.3, 0.4) is 0 Å². The Morgan fingerprint density at radius 3 is 2.73 bits per heavy atom. The van der Waals surface area contributed by atoms with Crippen LogP contribution in [-0.4, -0.2) is 12.2 Å². The van der Waals surface area contributed by atoms with Crippen molar-refractivity contribution in [3.8, 4) is 5.75 Å². The van der Waals surface area contributed by atoms with Crippen LogP contribution in [0.4, 0.5) is 0 Å². The van der Waals surface area contributed by atoms with Gasteiger partial charge >= 0.3 is 0 Å². The number of phenolic OH excluding ortho intramolecular Hbond substituents is 1. The molecular weight excluding hydrogens is 140 g/mol. The van der Waals surface area contributed by atoms with E-state index >= 15 is 0 Å². The largest absolute Gasteiger partial charge is 0.508 e. The maximum Gasteiger partial charge on any atom is 0.121 e. The normalized spacial score (nSPS) is 10.0. The van der Waals surface area contributed by atoms with Gasteiger partial charge in [0.1, 0.15) is 5.75 Å². The maximum atomic E-state index is 9.34. The van der Waals surface area contributed by atoms with E-state index in [1.54, 1.807) is 13.2 Å². The highest BCUT2D eigenvalue weighted by Gasteiger charge is 1.98. The Kier molecular flexibility index (Phi) is 2.49. The third-order valence-electron chi connectivity index (χ3n) is 1.54. The Bertz CT molecular complexity index is 243. The first-order valence-corrected chi connectivity index (χ1v) is 3.51. The molecule has 0 amide bonds. The molecule has 0 aliphatic carbocycles. The van der Waals surface area contributed by atoms with Gasteiger partial charge in [0.15, 0.2) is 0 Å². The summed E-state index contributed by atoms with van der Waals surface area (Å²) in [4.78, 5) is 0. The van der Waals surface area contributed by atoms with E-state index in [2.05, 4.69) is 0 Å². The summed E-state index contributed by atoms with van der Waals surface area (Å²) in [5, 5.41) is 9.34. The van der Waals surface area contributed by atoms with Crippen LogP contribution in [0, 0.1) is 6.92 Å². The fraction of sp³-hybridized carbons (Fsp3) is 0.333. The summed E-state index contributed by atoms with van der Waals surface area (Å²) in [6.45, 7) is 2.41. The molecule has 0 fully saturated rings. The lowest BCUT2D eigenvalue weighted by Gasteiger charge is -2.02. The van der Waals surface area contributed by atoms with Crippen LogP contribution in [0.15, 0.2) is 18.2 Å². The summed E-state index contributed by atoms with van der Waals surface area (Å²) < 4.78 is 4.89. The zero-order valence-electron chi connectivity index (χ0n) is 6.79. The van der Waals surface area contributed by atoms with E-state index in [9.17, 15) is 5.11 Å². The number of hydrogen-bond donors (Lipinski definition) is 1. The molecule has 60 valence electrons. The predicted molar refractivity (Wildman–Crippen MR) is 43.6 cm³/mol. The highest BCUT2D eigenvalue weighted by atomic mass is 16.5. The molecule has 0 atom stereocenters. The van der Waals surface area contributed by atoms with E-state index in [1.165, 1.54) is 0 Å². The van der Waals surface area contributed by atoms with Crippen LogP contribution in [0.5, 0.6) is 5.75 Å².